The smallest absolute Gasteiger partial charge is 0.0622 e. The molecule has 9 atom stereocenters. The fourth-order valence-corrected chi connectivity index (χ4v) is 9.46. The highest BCUT2D eigenvalue weighted by molar-refractivity contribution is 5.10. The van der Waals surface area contributed by atoms with E-state index in [1.807, 2.05) is 13.8 Å². The molecule has 0 aromatic carbocycles. The van der Waals surface area contributed by atoms with Crippen LogP contribution in [0.5, 0.6) is 0 Å². The van der Waals surface area contributed by atoms with Crippen LogP contribution in [0.4, 0.5) is 0 Å². The van der Waals surface area contributed by atoms with E-state index in [0.717, 1.165) is 61.2 Å². The van der Waals surface area contributed by atoms with Gasteiger partial charge in [-0.05, 0) is 131 Å². The number of aliphatic hydroxyl groups is 2. The van der Waals surface area contributed by atoms with Gasteiger partial charge in [0.15, 0.2) is 0 Å². The summed E-state index contributed by atoms with van der Waals surface area (Å²) < 4.78 is 0. The maximum Gasteiger partial charge on any atom is 0.0622 e. The molecule has 4 fully saturated rings. The number of hydrogen-bond donors (Lipinski definition) is 2. The van der Waals surface area contributed by atoms with Crippen LogP contribution in [-0.2, 0) is 0 Å². The van der Waals surface area contributed by atoms with E-state index < -0.39 is 11.2 Å². The molecule has 174 valence electrons. The molecule has 4 aliphatic rings. The van der Waals surface area contributed by atoms with Crippen molar-refractivity contribution in [3.63, 3.8) is 0 Å². The maximum absolute atomic E-state index is 10.7. The summed E-state index contributed by atoms with van der Waals surface area (Å²) in [7, 11) is 0. The van der Waals surface area contributed by atoms with Gasteiger partial charge in [-0.25, -0.2) is 0 Å². The number of fused-ring (bicyclic) bond motifs is 5. The van der Waals surface area contributed by atoms with Gasteiger partial charge in [-0.15, -0.1) is 0 Å². The summed E-state index contributed by atoms with van der Waals surface area (Å²) in [6.45, 7) is 13.8. The minimum Gasteiger partial charge on any atom is -0.390 e. The summed E-state index contributed by atoms with van der Waals surface area (Å²) in [5.74, 6) is 5.16. The molecule has 0 spiro atoms. The van der Waals surface area contributed by atoms with Crippen LogP contribution in [-0.4, -0.2) is 21.4 Å². The molecule has 0 aromatic rings. The fourth-order valence-electron chi connectivity index (χ4n) is 9.46. The zero-order chi connectivity index (χ0) is 21.9. The Morgan fingerprint density at radius 1 is 0.900 bits per heavy atom. The Labute approximate surface area is 186 Å². The third-order valence-corrected chi connectivity index (χ3v) is 11.2. The van der Waals surface area contributed by atoms with Crippen LogP contribution < -0.4 is 0 Å². The van der Waals surface area contributed by atoms with Crippen molar-refractivity contribution in [1.82, 2.24) is 0 Å². The van der Waals surface area contributed by atoms with E-state index in [-0.39, 0.29) is 0 Å². The molecule has 2 N–H and O–H groups in total. The number of rotatable bonds is 5. The summed E-state index contributed by atoms with van der Waals surface area (Å²) >= 11 is 0. The first kappa shape index (κ1) is 23.1. The van der Waals surface area contributed by atoms with E-state index in [4.69, 9.17) is 0 Å². The Morgan fingerprint density at radius 2 is 1.60 bits per heavy atom. The molecular formula is C28H50O2. The van der Waals surface area contributed by atoms with Gasteiger partial charge in [-0.2, -0.15) is 0 Å². The van der Waals surface area contributed by atoms with Crippen LogP contribution >= 0.6 is 0 Å². The van der Waals surface area contributed by atoms with Crippen LogP contribution in [0.1, 0.15) is 119 Å². The zero-order valence-corrected chi connectivity index (χ0v) is 20.8. The van der Waals surface area contributed by atoms with E-state index in [2.05, 4.69) is 27.7 Å². The second kappa shape index (κ2) is 7.75. The average molecular weight is 419 g/mol. The Balaban J connectivity index is 1.45. The predicted molar refractivity (Wildman–Crippen MR) is 125 cm³/mol. The van der Waals surface area contributed by atoms with Gasteiger partial charge < -0.3 is 10.2 Å². The van der Waals surface area contributed by atoms with Crippen LogP contribution in [0.2, 0.25) is 0 Å². The van der Waals surface area contributed by atoms with Crippen molar-refractivity contribution in [1.29, 1.82) is 0 Å². The first-order valence-corrected chi connectivity index (χ1v) is 13.3. The van der Waals surface area contributed by atoms with Gasteiger partial charge in [0.1, 0.15) is 0 Å². The summed E-state index contributed by atoms with van der Waals surface area (Å²) in [6.07, 6.45) is 15.2. The second-order valence-electron chi connectivity index (χ2n) is 13.8. The molecule has 0 bridgehead atoms. The van der Waals surface area contributed by atoms with Crippen molar-refractivity contribution in [3.8, 4) is 0 Å². The lowest BCUT2D eigenvalue weighted by Crippen LogP contribution is -2.55. The maximum atomic E-state index is 10.7. The van der Waals surface area contributed by atoms with Crippen molar-refractivity contribution in [2.45, 2.75) is 130 Å². The largest absolute Gasteiger partial charge is 0.390 e. The van der Waals surface area contributed by atoms with Gasteiger partial charge >= 0.3 is 0 Å². The van der Waals surface area contributed by atoms with Crippen molar-refractivity contribution in [3.05, 3.63) is 0 Å². The van der Waals surface area contributed by atoms with Gasteiger partial charge in [0.25, 0.3) is 0 Å². The lowest BCUT2D eigenvalue weighted by Gasteiger charge is -2.62. The highest BCUT2D eigenvalue weighted by Crippen LogP contribution is 2.68. The predicted octanol–water partition coefficient (Wildman–Crippen LogP) is 6.97. The molecule has 4 saturated carbocycles. The van der Waals surface area contributed by atoms with Crippen molar-refractivity contribution < 1.29 is 10.2 Å². The van der Waals surface area contributed by atoms with E-state index in [1.165, 1.54) is 51.4 Å². The van der Waals surface area contributed by atoms with Gasteiger partial charge in [0, 0.05) is 0 Å². The molecule has 0 amide bonds. The first-order valence-electron chi connectivity index (χ1n) is 13.3. The van der Waals surface area contributed by atoms with E-state index in [0.29, 0.717) is 10.8 Å². The molecular weight excluding hydrogens is 368 g/mol. The Hall–Kier alpha value is -0.0800. The van der Waals surface area contributed by atoms with E-state index in [1.54, 1.807) is 0 Å². The highest BCUT2D eigenvalue weighted by Gasteiger charge is 2.61. The van der Waals surface area contributed by atoms with Crippen LogP contribution in [0.3, 0.4) is 0 Å². The van der Waals surface area contributed by atoms with Gasteiger partial charge in [0.05, 0.1) is 11.2 Å². The minimum absolute atomic E-state index is 0.419. The lowest BCUT2D eigenvalue weighted by molar-refractivity contribution is -0.148. The third kappa shape index (κ3) is 4.02. The molecule has 0 heterocycles. The molecule has 2 nitrogen and oxygen atoms in total. The van der Waals surface area contributed by atoms with Crippen molar-refractivity contribution in [2.75, 3.05) is 0 Å². The van der Waals surface area contributed by atoms with Crippen molar-refractivity contribution >= 4 is 0 Å². The standard InChI is InChI=1S/C28H50O2/c1-19(8-7-14-25(2,3)29)22-11-12-23-21-10-9-20-18-26(4,30)16-17-27(20,5)24(21)13-15-28(22,23)6/h19-24,29-30H,7-18H2,1-6H3/t19-,20+,21-,22-,23-,24-,26?,27-,28+/m0/s1. The van der Waals surface area contributed by atoms with Crippen molar-refractivity contribution in [2.24, 2.45) is 46.3 Å². The summed E-state index contributed by atoms with van der Waals surface area (Å²) in [5.41, 5.74) is 0.0808. The Kier molecular flexibility index (Phi) is 5.97. The topological polar surface area (TPSA) is 40.5 Å². The molecule has 1 unspecified atom stereocenters. The van der Waals surface area contributed by atoms with Crippen LogP contribution in [0.25, 0.3) is 0 Å². The summed E-state index contributed by atoms with van der Waals surface area (Å²) in [6, 6.07) is 0. The first-order chi connectivity index (χ1) is 13.9. The minimum atomic E-state index is -0.515. The van der Waals surface area contributed by atoms with Gasteiger partial charge in [-0.1, -0.05) is 33.6 Å². The monoisotopic (exact) mass is 418 g/mol. The highest BCUT2D eigenvalue weighted by atomic mass is 16.3. The molecule has 0 saturated heterocycles. The SMILES string of the molecule is C[C@@H](CCCC(C)(C)O)[C@@H]1CC[C@H]2[C@@H]3CC[C@@H]4CC(C)(O)CC[C@]4(C)[C@H]3CC[C@@]21C. The van der Waals surface area contributed by atoms with Crippen LogP contribution in [0, 0.1) is 46.3 Å². The molecule has 30 heavy (non-hydrogen) atoms. The number of hydrogen-bond acceptors (Lipinski definition) is 2. The van der Waals surface area contributed by atoms with Crippen LogP contribution in [0.15, 0.2) is 0 Å². The fraction of sp³-hybridized carbons (Fsp3) is 1.00. The Morgan fingerprint density at radius 3 is 2.30 bits per heavy atom. The average Bonchev–Trinajstić information content (AvgIpc) is 2.98. The summed E-state index contributed by atoms with van der Waals surface area (Å²) in [4.78, 5) is 0. The van der Waals surface area contributed by atoms with Gasteiger partial charge in [-0.3, -0.25) is 0 Å². The molecule has 4 rings (SSSR count). The quantitative estimate of drug-likeness (QED) is 0.506. The molecule has 0 aromatic heterocycles. The van der Waals surface area contributed by atoms with E-state index >= 15 is 0 Å². The van der Waals surface area contributed by atoms with E-state index in [9.17, 15) is 10.2 Å². The third-order valence-electron chi connectivity index (χ3n) is 11.2. The summed E-state index contributed by atoms with van der Waals surface area (Å²) in [5, 5.41) is 20.8. The normalized spacial score (nSPS) is 49.8. The zero-order valence-electron chi connectivity index (χ0n) is 20.8. The lowest BCUT2D eigenvalue weighted by atomic mass is 9.43. The van der Waals surface area contributed by atoms with Gasteiger partial charge in [0.2, 0.25) is 0 Å². The Bertz CT molecular complexity index is 619. The molecule has 4 aliphatic carbocycles. The molecule has 2 heteroatoms. The molecule has 0 aliphatic heterocycles. The molecule has 0 radical (unpaired) electrons. The second-order valence-corrected chi connectivity index (χ2v) is 13.8.